The number of nitrogens with zero attached hydrogens (tertiary/aromatic N) is 2. The molecule has 1 aromatic heterocycles. The molecule has 0 saturated heterocycles. The molecule has 6 nitrogen and oxygen atoms in total. The standard InChI is InChI=1S/C19H18FN3O3/c1-13-22-18(23-26-13)12-25-17-8-3-2-7-16(17)19(24)21-10-9-14-5-4-6-15(20)11-14/h2-8,11H,9-10,12H2,1H3,(H,21,24). The van der Waals surface area contributed by atoms with Crippen molar-refractivity contribution in [2.24, 2.45) is 0 Å². The number of hydrogen-bond donors (Lipinski definition) is 1. The summed E-state index contributed by atoms with van der Waals surface area (Å²) in [5, 5.41) is 6.57. The van der Waals surface area contributed by atoms with Crippen LogP contribution in [-0.2, 0) is 13.0 Å². The fourth-order valence-corrected chi connectivity index (χ4v) is 2.43. The monoisotopic (exact) mass is 355 g/mol. The molecule has 0 radical (unpaired) electrons. The molecule has 1 amide bonds. The average Bonchev–Trinajstić information content (AvgIpc) is 3.05. The normalized spacial score (nSPS) is 10.5. The highest BCUT2D eigenvalue weighted by Crippen LogP contribution is 2.19. The number of hydrogen-bond acceptors (Lipinski definition) is 5. The van der Waals surface area contributed by atoms with E-state index in [9.17, 15) is 9.18 Å². The molecule has 0 saturated carbocycles. The lowest BCUT2D eigenvalue weighted by atomic mass is 10.1. The van der Waals surface area contributed by atoms with Crippen LogP contribution in [0, 0.1) is 12.7 Å². The lowest BCUT2D eigenvalue weighted by Gasteiger charge is -2.10. The first-order chi connectivity index (χ1) is 12.6. The number of carbonyl (C=O) groups is 1. The number of rotatable bonds is 7. The summed E-state index contributed by atoms with van der Waals surface area (Å²) >= 11 is 0. The maximum Gasteiger partial charge on any atom is 0.255 e. The topological polar surface area (TPSA) is 77.2 Å². The van der Waals surface area contributed by atoms with Crippen LogP contribution in [0.5, 0.6) is 5.75 Å². The Kier molecular flexibility index (Phi) is 5.58. The van der Waals surface area contributed by atoms with E-state index in [0.29, 0.717) is 36.0 Å². The van der Waals surface area contributed by atoms with Crippen molar-refractivity contribution in [1.29, 1.82) is 0 Å². The largest absolute Gasteiger partial charge is 0.485 e. The summed E-state index contributed by atoms with van der Waals surface area (Å²) in [4.78, 5) is 16.5. The maximum atomic E-state index is 13.2. The molecule has 0 bridgehead atoms. The van der Waals surface area contributed by atoms with E-state index in [1.807, 2.05) is 6.07 Å². The second kappa shape index (κ2) is 8.24. The van der Waals surface area contributed by atoms with E-state index in [0.717, 1.165) is 5.56 Å². The molecular weight excluding hydrogens is 337 g/mol. The van der Waals surface area contributed by atoms with Gasteiger partial charge in [0.1, 0.15) is 11.6 Å². The molecule has 0 unspecified atom stereocenters. The highest BCUT2D eigenvalue weighted by molar-refractivity contribution is 5.96. The third-order valence-electron chi connectivity index (χ3n) is 3.65. The summed E-state index contributed by atoms with van der Waals surface area (Å²) in [5.74, 6) is 0.736. The number of aryl methyl sites for hydroxylation is 1. The van der Waals surface area contributed by atoms with Crippen LogP contribution in [0.4, 0.5) is 4.39 Å². The van der Waals surface area contributed by atoms with Gasteiger partial charge in [-0.1, -0.05) is 29.4 Å². The first kappa shape index (κ1) is 17.6. The molecule has 26 heavy (non-hydrogen) atoms. The summed E-state index contributed by atoms with van der Waals surface area (Å²) < 4.78 is 23.7. The maximum absolute atomic E-state index is 13.2. The fraction of sp³-hybridized carbons (Fsp3) is 0.211. The third kappa shape index (κ3) is 4.66. The third-order valence-corrected chi connectivity index (χ3v) is 3.65. The van der Waals surface area contributed by atoms with Gasteiger partial charge in [0.05, 0.1) is 5.56 Å². The summed E-state index contributed by atoms with van der Waals surface area (Å²) in [6.45, 7) is 2.18. The van der Waals surface area contributed by atoms with Gasteiger partial charge in [0.2, 0.25) is 11.7 Å². The second-order valence-electron chi connectivity index (χ2n) is 5.65. The molecule has 3 aromatic rings. The van der Waals surface area contributed by atoms with Crippen LogP contribution in [0.2, 0.25) is 0 Å². The first-order valence-corrected chi connectivity index (χ1v) is 8.15. The van der Waals surface area contributed by atoms with E-state index in [1.54, 1.807) is 37.3 Å². The van der Waals surface area contributed by atoms with E-state index < -0.39 is 0 Å². The van der Waals surface area contributed by atoms with E-state index in [2.05, 4.69) is 15.5 Å². The van der Waals surface area contributed by atoms with Gasteiger partial charge in [0.15, 0.2) is 6.61 Å². The number of ether oxygens (including phenoxy) is 1. The summed E-state index contributed by atoms with van der Waals surface area (Å²) in [6, 6.07) is 13.2. The zero-order valence-corrected chi connectivity index (χ0v) is 14.2. The Morgan fingerprint density at radius 1 is 1.23 bits per heavy atom. The van der Waals surface area contributed by atoms with E-state index in [4.69, 9.17) is 9.26 Å². The second-order valence-corrected chi connectivity index (χ2v) is 5.65. The molecular formula is C19H18FN3O3. The van der Waals surface area contributed by atoms with E-state index >= 15 is 0 Å². The van der Waals surface area contributed by atoms with Crippen molar-refractivity contribution in [1.82, 2.24) is 15.5 Å². The molecule has 3 rings (SSSR count). The van der Waals surface area contributed by atoms with Gasteiger partial charge in [0.25, 0.3) is 5.91 Å². The molecule has 0 atom stereocenters. The van der Waals surface area contributed by atoms with Crippen LogP contribution in [0.3, 0.4) is 0 Å². The summed E-state index contributed by atoms with van der Waals surface area (Å²) in [5.41, 5.74) is 1.23. The lowest BCUT2D eigenvalue weighted by molar-refractivity contribution is 0.0949. The Bertz CT molecular complexity index is 895. The number of aromatic nitrogens is 2. The van der Waals surface area contributed by atoms with Gasteiger partial charge < -0.3 is 14.6 Å². The minimum atomic E-state index is -0.288. The van der Waals surface area contributed by atoms with Crippen molar-refractivity contribution in [3.8, 4) is 5.75 Å². The van der Waals surface area contributed by atoms with E-state index in [-0.39, 0.29) is 18.3 Å². The van der Waals surface area contributed by atoms with Crippen molar-refractivity contribution in [3.63, 3.8) is 0 Å². The van der Waals surface area contributed by atoms with Crippen LogP contribution in [0.15, 0.2) is 53.1 Å². The van der Waals surface area contributed by atoms with Crippen molar-refractivity contribution < 1.29 is 18.4 Å². The Labute approximate surface area is 150 Å². The average molecular weight is 355 g/mol. The van der Waals surface area contributed by atoms with E-state index in [1.165, 1.54) is 12.1 Å². The van der Waals surface area contributed by atoms with Gasteiger partial charge in [-0.05, 0) is 36.2 Å². The molecule has 1 N–H and O–H groups in total. The number of benzene rings is 2. The SMILES string of the molecule is Cc1nc(COc2ccccc2C(=O)NCCc2cccc(F)c2)no1. The van der Waals surface area contributed by atoms with Crippen LogP contribution < -0.4 is 10.1 Å². The highest BCUT2D eigenvalue weighted by atomic mass is 19.1. The minimum absolute atomic E-state index is 0.102. The summed E-state index contributed by atoms with van der Waals surface area (Å²) in [7, 11) is 0. The van der Waals surface area contributed by atoms with Gasteiger partial charge >= 0.3 is 0 Å². The quantitative estimate of drug-likeness (QED) is 0.705. The fourth-order valence-electron chi connectivity index (χ4n) is 2.43. The first-order valence-electron chi connectivity index (χ1n) is 8.15. The van der Waals surface area contributed by atoms with Crippen molar-refractivity contribution in [2.75, 3.05) is 6.54 Å². The van der Waals surface area contributed by atoms with Gasteiger partial charge in [-0.25, -0.2) is 4.39 Å². The molecule has 0 spiro atoms. The minimum Gasteiger partial charge on any atom is -0.485 e. The smallest absolute Gasteiger partial charge is 0.255 e. The van der Waals surface area contributed by atoms with Crippen molar-refractivity contribution in [3.05, 3.63) is 77.2 Å². The molecule has 0 aliphatic rings. The molecule has 0 aliphatic heterocycles. The Hall–Kier alpha value is -3.22. The summed E-state index contributed by atoms with van der Waals surface area (Å²) in [6.07, 6.45) is 0.536. The number of carbonyl (C=O) groups excluding carboxylic acids is 1. The molecule has 134 valence electrons. The van der Waals surface area contributed by atoms with Gasteiger partial charge in [0, 0.05) is 13.5 Å². The Balaban J connectivity index is 1.58. The Morgan fingerprint density at radius 2 is 2.08 bits per heavy atom. The number of amides is 1. The number of nitrogens with one attached hydrogen (secondary N) is 1. The predicted molar refractivity (Wildman–Crippen MR) is 92.2 cm³/mol. The molecule has 2 aromatic carbocycles. The number of para-hydroxylation sites is 1. The molecule has 1 heterocycles. The van der Waals surface area contributed by atoms with Crippen LogP contribution >= 0.6 is 0 Å². The zero-order valence-electron chi connectivity index (χ0n) is 14.2. The predicted octanol–water partition coefficient (Wildman–Crippen LogP) is 3.07. The number of halogens is 1. The van der Waals surface area contributed by atoms with Crippen LogP contribution in [0.25, 0.3) is 0 Å². The van der Waals surface area contributed by atoms with Crippen LogP contribution in [-0.4, -0.2) is 22.6 Å². The molecule has 0 aliphatic carbocycles. The Morgan fingerprint density at radius 3 is 2.85 bits per heavy atom. The van der Waals surface area contributed by atoms with Gasteiger partial charge in [-0.2, -0.15) is 4.98 Å². The molecule has 0 fully saturated rings. The van der Waals surface area contributed by atoms with Gasteiger partial charge in [-0.3, -0.25) is 4.79 Å². The zero-order chi connectivity index (χ0) is 18.4. The van der Waals surface area contributed by atoms with Gasteiger partial charge in [-0.15, -0.1) is 0 Å². The van der Waals surface area contributed by atoms with Crippen molar-refractivity contribution >= 4 is 5.91 Å². The van der Waals surface area contributed by atoms with Crippen molar-refractivity contribution in [2.45, 2.75) is 20.0 Å². The lowest BCUT2D eigenvalue weighted by Crippen LogP contribution is -2.26. The van der Waals surface area contributed by atoms with Crippen LogP contribution in [0.1, 0.15) is 27.6 Å². The highest BCUT2D eigenvalue weighted by Gasteiger charge is 2.13. The molecule has 7 heteroatoms.